The molecule has 0 unspecified atom stereocenters. The Morgan fingerprint density at radius 2 is 1.24 bits per heavy atom. The maximum Gasteiger partial charge on any atom is 0.0866 e. The van der Waals surface area contributed by atoms with E-state index in [-0.39, 0.29) is 0 Å². The van der Waals surface area contributed by atoms with Gasteiger partial charge in [0.2, 0.25) is 0 Å². The highest BCUT2D eigenvalue weighted by Crippen LogP contribution is 2.41. The van der Waals surface area contributed by atoms with Crippen LogP contribution in [0.1, 0.15) is 35.0 Å². The van der Waals surface area contributed by atoms with Crippen molar-refractivity contribution in [1.82, 2.24) is 4.98 Å². The Balaban J connectivity index is 2.45. The molecule has 1 N–H and O–H groups in total. The highest BCUT2D eigenvalue weighted by Gasteiger charge is 2.40. The van der Waals surface area contributed by atoms with E-state index in [1.165, 1.54) is 0 Å². The third kappa shape index (κ3) is 2.93. The first-order chi connectivity index (χ1) is 12.1. The van der Waals surface area contributed by atoms with E-state index in [0.717, 1.165) is 28.1 Å². The predicted molar refractivity (Wildman–Crippen MR) is 101 cm³/mol. The summed E-state index contributed by atoms with van der Waals surface area (Å²) in [6.07, 6.45) is 0. The molecule has 3 rings (SSSR count). The van der Waals surface area contributed by atoms with Gasteiger partial charge in [-0.25, -0.2) is 0 Å². The van der Waals surface area contributed by atoms with E-state index in [0.29, 0.717) is 5.71 Å². The summed E-state index contributed by atoms with van der Waals surface area (Å²) in [4.78, 5) is 4.52. The summed E-state index contributed by atoms with van der Waals surface area (Å²) in [7, 11) is 0. The van der Waals surface area contributed by atoms with Crippen LogP contribution in [0.3, 0.4) is 0 Å². The van der Waals surface area contributed by atoms with Crippen LogP contribution in [0.5, 0.6) is 0 Å². The van der Waals surface area contributed by atoms with Gasteiger partial charge in [-0.1, -0.05) is 65.8 Å². The molecule has 25 heavy (non-hydrogen) atoms. The summed E-state index contributed by atoms with van der Waals surface area (Å²) in [6, 6.07) is 24.5. The number of pyridine rings is 1. The lowest BCUT2D eigenvalue weighted by Gasteiger charge is -2.35. The molecule has 0 aliphatic heterocycles. The van der Waals surface area contributed by atoms with Crippen LogP contribution in [0.25, 0.3) is 0 Å². The smallest absolute Gasteiger partial charge is 0.0866 e. The molecule has 2 aromatic carbocycles. The van der Waals surface area contributed by atoms with Crippen molar-refractivity contribution in [2.24, 2.45) is 5.16 Å². The second-order valence-corrected chi connectivity index (χ2v) is 6.31. The summed E-state index contributed by atoms with van der Waals surface area (Å²) < 4.78 is 0. The molecule has 0 fully saturated rings. The van der Waals surface area contributed by atoms with Crippen molar-refractivity contribution >= 4 is 5.71 Å². The van der Waals surface area contributed by atoms with Crippen LogP contribution in [-0.2, 0) is 5.41 Å². The fourth-order valence-electron chi connectivity index (χ4n) is 3.63. The van der Waals surface area contributed by atoms with Crippen LogP contribution in [0, 0.1) is 13.8 Å². The molecule has 0 amide bonds. The molecule has 3 heteroatoms. The summed E-state index contributed by atoms with van der Waals surface area (Å²) in [5.41, 5.74) is 4.99. The first-order valence-electron chi connectivity index (χ1n) is 8.35. The number of nitrogens with zero attached hydrogens (tertiary/aromatic N) is 2. The Hall–Kier alpha value is -2.94. The SMILES string of the molecule is CC(=NO)C(c1ccccc1)(c1ccccc1)c1cc(C)nc(C)c1. The molecule has 3 nitrogen and oxygen atoms in total. The highest BCUT2D eigenvalue weighted by molar-refractivity contribution is 5.99. The molecule has 3 aromatic rings. The summed E-state index contributed by atoms with van der Waals surface area (Å²) in [6.45, 7) is 5.84. The maximum atomic E-state index is 9.77. The zero-order valence-corrected chi connectivity index (χ0v) is 14.8. The van der Waals surface area contributed by atoms with Crippen LogP contribution in [0.15, 0.2) is 78.0 Å². The van der Waals surface area contributed by atoms with Gasteiger partial charge in [0, 0.05) is 11.4 Å². The van der Waals surface area contributed by atoms with E-state index in [1.54, 1.807) is 0 Å². The van der Waals surface area contributed by atoms with Crippen molar-refractivity contribution in [1.29, 1.82) is 0 Å². The normalized spacial score (nSPS) is 12.2. The Labute approximate surface area is 148 Å². The van der Waals surface area contributed by atoms with E-state index in [9.17, 15) is 5.21 Å². The van der Waals surface area contributed by atoms with Gasteiger partial charge in [-0.15, -0.1) is 0 Å². The van der Waals surface area contributed by atoms with Gasteiger partial charge in [-0.3, -0.25) is 4.98 Å². The highest BCUT2D eigenvalue weighted by atomic mass is 16.4. The lowest BCUT2D eigenvalue weighted by Crippen LogP contribution is -2.37. The molecule has 0 spiro atoms. The molecule has 0 radical (unpaired) electrons. The zero-order valence-electron chi connectivity index (χ0n) is 14.8. The van der Waals surface area contributed by atoms with Crippen molar-refractivity contribution in [2.45, 2.75) is 26.2 Å². The molecular weight excluding hydrogens is 308 g/mol. The van der Waals surface area contributed by atoms with E-state index in [2.05, 4.69) is 46.5 Å². The summed E-state index contributed by atoms with van der Waals surface area (Å²) in [5.74, 6) is 0. The average Bonchev–Trinajstić information content (AvgIpc) is 2.63. The summed E-state index contributed by atoms with van der Waals surface area (Å²) >= 11 is 0. The van der Waals surface area contributed by atoms with Gasteiger partial charge in [0.15, 0.2) is 0 Å². The topological polar surface area (TPSA) is 45.5 Å². The number of hydrogen-bond acceptors (Lipinski definition) is 3. The fourth-order valence-corrected chi connectivity index (χ4v) is 3.63. The van der Waals surface area contributed by atoms with E-state index >= 15 is 0 Å². The molecule has 0 saturated carbocycles. The van der Waals surface area contributed by atoms with Gasteiger partial charge >= 0.3 is 0 Å². The number of hydrogen-bond donors (Lipinski definition) is 1. The first-order valence-corrected chi connectivity index (χ1v) is 8.35. The van der Waals surface area contributed by atoms with Crippen molar-refractivity contribution < 1.29 is 5.21 Å². The lowest BCUT2D eigenvalue weighted by molar-refractivity contribution is 0.315. The number of aryl methyl sites for hydroxylation is 2. The Morgan fingerprint density at radius 3 is 1.64 bits per heavy atom. The van der Waals surface area contributed by atoms with Crippen LogP contribution in [0.4, 0.5) is 0 Å². The van der Waals surface area contributed by atoms with E-state index in [1.807, 2.05) is 57.2 Å². The van der Waals surface area contributed by atoms with Crippen LogP contribution >= 0.6 is 0 Å². The number of benzene rings is 2. The second-order valence-electron chi connectivity index (χ2n) is 6.31. The number of aromatic nitrogens is 1. The Morgan fingerprint density at radius 1 is 0.800 bits per heavy atom. The molecule has 0 aliphatic carbocycles. The van der Waals surface area contributed by atoms with Crippen LogP contribution < -0.4 is 0 Å². The van der Waals surface area contributed by atoms with Gasteiger partial charge in [-0.05, 0) is 49.6 Å². The van der Waals surface area contributed by atoms with Crippen molar-refractivity contribution in [3.63, 3.8) is 0 Å². The third-order valence-corrected chi connectivity index (χ3v) is 4.62. The van der Waals surface area contributed by atoms with Crippen molar-refractivity contribution in [3.8, 4) is 0 Å². The maximum absolute atomic E-state index is 9.77. The fraction of sp³-hybridized carbons (Fsp3) is 0.182. The molecule has 1 aromatic heterocycles. The Kier molecular flexibility index (Phi) is 4.66. The van der Waals surface area contributed by atoms with Crippen molar-refractivity contribution in [3.05, 3.63) is 101 Å². The predicted octanol–water partition coefficient (Wildman–Crippen LogP) is 4.88. The van der Waals surface area contributed by atoms with Crippen LogP contribution in [-0.4, -0.2) is 15.9 Å². The molecule has 1 heterocycles. The molecule has 0 saturated heterocycles. The molecule has 0 aliphatic rings. The number of oxime groups is 1. The second kappa shape index (κ2) is 6.89. The average molecular weight is 330 g/mol. The minimum atomic E-state index is -0.671. The van der Waals surface area contributed by atoms with Gasteiger partial charge in [0.05, 0.1) is 11.1 Å². The van der Waals surface area contributed by atoms with E-state index < -0.39 is 5.41 Å². The van der Waals surface area contributed by atoms with Crippen LogP contribution in [0.2, 0.25) is 0 Å². The standard InChI is InChI=1S/C22H22N2O/c1-16-14-21(15-17(2)23-16)22(18(3)24-25,19-10-6-4-7-11-19)20-12-8-5-9-13-20/h4-15,25H,1-3H3. The monoisotopic (exact) mass is 330 g/mol. The Bertz CT molecular complexity index is 827. The molecule has 0 atom stereocenters. The quantitative estimate of drug-likeness (QED) is 0.421. The largest absolute Gasteiger partial charge is 0.411 e. The minimum absolute atomic E-state index is 0.620. The van der Waals surface area contributed by atoms with Gasteiger partial charge in [0.25, 0.3) is 0 Å². The zero-order chi connectivity index (χ0) is 17.9. The first kappa shape index (κ1) is 16.9. The van der Waals surface area contributed by atoms with Gasteiger partial charge in [0.1, 0.15) is 0 Å². The number of rotatable bonds is 4. The molecule has 126 valence electrons. The molecular formula is C22H22N2O. The van der Waals surface area contributed by atoms with Crippen molar-refractivity contribution in [2.75, 3.05) is 0 Å². The minimum Gasteiger partial charge on any atom is -0.411 e. The van der Waals surface area contributed by atoms with E-state index in [4.69, 9.17) is 0 Å². The van der Waals surface area contributed by atoms with Gasteiger partial charge < -0.3 is 5.21 Å². The lowest BCUT2D eigenvalue weighted by atomic mass is 9.66. The molecule has 0 bridgehead atoms. The summed E-state index contributed by atoms with van der Waals surface area (Å²) in [5, 5.41) is 13.4. The van der Waals surface area contributed by atoms with Gasteiger partial charge in [-0.2, -0.15) is 0 Å². The third-order valence-electron chi connectivity index (χ3n) is 4.62.